The molecule has 0 aliphatic heterocycles. The lowest BCUT2D eigenvalue weighted by Gasteiger charge is -2.05. The molecule has 0 bridgehead atoms. The molecule has 0 fully saturated rings. The molecule has 0 spiro atoms. The third-order valence-corrected chi connectivity index (χ3v) is 3.36. The van der Waals surface area contributed by atoms with Crippen molar-refractivity contribution in [2.75, 3.05) is 12.5 Å². The van der Waals surface area contributed by atoms with E-state index in [1.165, 1.54) is 0 Å². The lowest BCUT2D eigenvalue weighted by atomic mass is 10.3. The van der Waals surface area contributed by atoms with Gasteiger partial charge in [-0.15, -0.1) is 69.6 Å². The fourth-order valence-electron chi connectivity index (χ4n) is 0.518. The van der Waals surface area contributed by atoms with Gasteiger partial charge in [-0.25, -0.2) is 0 Å². The third kappa shape index (κ3) is 15.7. The van der Waals surface area contributed by atoms with Crippen LogP contribution in [0.3, 0.4) is 0 Å². The summed E-state index contributed by atoms with van der Waals surface area (Å²) in [6.07, 6.45) is 0.211. The van der Waals surface area contributed by atoms with Gasteiger partial charge in [-0.05, 0) is 6.42 Å². The fraction of sp³-hybridized carbons (Fsp3) is 1.00. The Morgan fingerprint density at radius 2 is 1.50 bits per heavy atom. The van der Waals surface area contributed by atoms with Gasteiger partial charge in [-0.1, -0.05) is 0 Å². The molecule has 0 heterocycles. The van der Waals surface area contributed by atoms with Crippen LogP contribution in [0.2, 0.25) is 0 Å². The number of hydrogen-bond acceptors (Lipinski definition) is 2. The van der Waals surface area contributed by atoms with E-state index in [2.05, 4.69) is 0 Å². The van der Waals surface area contributed by atoms with Crippen molar-refractivity contribution in [3.05, 3.63) is 0 Å². The first-order valence-electron chi connectivity index (χ1n) is 4.40. The summed E-state index contributed by atoms with van der Waals surface area (Å²) in [5.41, 5.74) is 0. The smallest absolute Gasteiger partial charge is 0.124 e. The summed E-state index contributed by atoms with van der Waals surface area (Å²) in [6.45, 7) is 0.0319. The second-order valence-corrected chi connectivity index (χ2v) is 6.11. The van der Waals surface area contributed by atoms with Crippen molar-refractivity contribution in [1.82, 2.24) is 0 Å². The summed E-state index contributed by atoms with van der Waals surface area (Å²) >= 11 is 32.0. The molecule has 2 atom stereocenters. The van der Waals surface area contributed by atoms with Gasteiger partial charge in [0.1, 0.15) is 9.67 Å². The Morgan fingerprint density at radius 3 is 1.62 bits per heavy atom. The van der Waals surface area contributed by atoms with Crippen LogP contribution in [0.15, 0.2) is 0 Å². The van der Waals surface area contributed by atoms with E-state index in [9.17, 15) is 0 Å². The van der Waals surface area contributed by atoms with Crippen LogP contribution in [0.25, 0.3) is 0 Å². The molecule has 2 N–H and O–H groups in total. The molecule has 0 aromatic carbocycles. The van der Waals surface area contributed by atoms with Crippen LogP contribution in [0.4, 0.5) is 0 Å². The molecule has 0 aliphatic rings. The highest BCUT2D eigenvalue weighted by Crippen LogP contribution is 2.16. The van der Waals surface area contributed by atoms with Crippen LogP contribution in [0.1, 0.15) is 12.8 Å². The molecule has 100 valence electrons. The molecule has 16 heavy (non-hydrogen) atoms. The molecule has 0 saturated heterocycles. The number of aliphatic hydroxyl groups excluding tert-OH is 2. The lowest BCUT2D eigenvalue weighted by molar-refractivity contribution is 0.192. The largest absolute Gasteiger partial charge is 0.396 e. The zero-order valence-electron chi connectivity index (χ0n) is 8.30. The zero-order valence-corrected chi connectivity index (χ0v) is 12.8. The Hall–Kier alpha value is 1.66. The van der Waals surface area contributed by atoms with E-state index in [4.69, 9.17) is 79.8 Å². The zero-order chi connectivity index (χ0) is 13.1. The first kappa shape index (κ1) is 20.0. The monoisotopic (exact) mass is 352 g/mol. The van der Waals surface area contributed by atoms with E-state index in [1.807, 2.05) is 0 Å². The van der Waals surface area contributed by atoms with E-state index in [0.717, 1.165) is 0 Å². The van der Waals surface area contributed by atoms with Crippen LogP contribution >= 0.6 is 69.6 Å². The molecule has 2 nitrogen and oxygen atoms in total. The van der Waals surface area contributed by atoms with E-state index < -0.39 is 15.8 Å². The van der Waals surface area contributed by atoms with Gasteiger partial charge in [0.05, 0.1) is 11.5 Å². The Kier molecular flexibility index (Phi) is 16.4. The number of hydrogen-bond donors (Lipinski definition) is 2. The van der Waals surface area contributed by atoms with Gasteiger partial charge in [-0.2, -0.15) is 0 Å². The Bertz CT molecular complexity index is 146. The maximum absolute atomic E-state index is 8.73. The summed E-state index contributed by atoms with van der Waals surface area (Å²) in [5, 5.41) is 16.7. The van der Waals surface area contributed by atoms with Gasteiger partial charge >= 0.3 is 0 Å². The average Bonchev–Trinajstić information content (AvgIpc) is 2.18. The molecule has 0 rings (SSSR count). The van der Waals surface area contributed by atoms with Crippen molar-refractivity contribution in [3.63, 3.8) is 0 Å². The van der Waals surface area contributed by atoms with Crippen LogP contribution in [-0.4, -0.2) is 43.9 Å². The van der Waals surface area contributed by atoms with Crippen molar-refractivity contribution in [1.29, 1.82) is 0 Å². The van der Waals surface area contributed by atoms with Crippen LogP contribution < -0.4 is 0 Å². The van der Waals surface area contributed by atoms with E-state index in [-0.39, 0.29) is 17.9 Å². The van der Waals surface area contributed by atoms with Gasteiger partial charge in [0, 0.05) is 18.9 Å². The minimum atomic E-state index is -0.580. The van der Waals surface area contributed by atoms with Crippen molar-refractivity contribution >= 4 is 69.6 Å². The number of rotatable bonds is 6. The Morgan fingerprint density at radius 1 is 1.00 bits per heavy atom. The topological polar surface area (TPSA) is 40.5 Å². The van der Waals surface area contributed by atoms with Crippen LogP contribution in [0, 0.1) is 0 Å². The standard InChI is InChI=1S/2C4H7Cl3O/c5-2-3(8)1-4(6)7;5-3(1-2-8)4(6)7/h2*3-4,8H,1-2H2. The molecular weight excluding hydrogens is 341 g/mol. The predicted octanol–water partition coefficient (Wildman–Crippen LogP) is 3.56. The molecule has 0 saturated carbocycles. The quantitative estimate of drug-likeness (QED) is 0.716. The maximum atomic E-state index is 8.73. The molecule has 2 unspecified atom stereocenters. The Labute approximate surface area is 126 Å². The molecule has 0 aromatic rings. The second-order valence-electron chi connectivity index (χ2n) is 2.80. The van der Waals surface area contributed by atoms with Gasteiger partial charge < -0.3 is 10.2 Å². The highest BCUT2D eigenvalue weighted by Gasteiger charge is 2.11. The van der Waals surface area contributed by atoms with E-state index >= 15 is 0 Å². The first-order chi connectivity index (χ1) is 7.34. The highest BCUT2D eigenvalue weighted by atomic mass is 35.5. The highest BCUT2D eigenvalue weighted by molar-refractivity contribution is 6.48. The minimum Gasteiger partial charge on any atom is -0.396 e. The van der Waals surface area contributed by atoms with Crippen LogP contribution in [0.5, 0.6) is 0 Å². The summed E-state index contributed by atoms with van der Waals surface area (Å²) in [5.74, 6) is 0.190. The fourth-order valence-corrected chi connectivity index (χ4v) is 1.40. The number of aliphatic hydroxyl groups is 2. The minimum absolute atomic E-state index is 0.0319. The third-order valence-electron chi connectivity index (χ3n) is 1.31. The van der Waals surface area contributed by atoms with Gasteiger partial charge in [0.25, 0.3) is 0 Å². The maximum Gasteiger partial charge on any atom is 0.124 e. The Balaban J connectivity index is 0. The van der Waals surface area contributed by atoms with Gasteiger partial charge in [-0.3, -0.25) is 0 Å². The number of halogens is 6. The molecular formula is C8H14Cl6O2. The van der Waals surface area contributed by atoms with Gasteiger partial charge in [0.15, 0.2) is 0 Å². The van der Waals surface area contributed by atoms with E-state index in [1.54, 1.807) is 0 Å². The van der Waals surface area contributed by atoms with Gasteiger partial charge in [0.2, 0.25) is 0 Å². The predicted molar refractivity (Wildman–Crippen MR) is 73.7 cm³/mol. The van der Waals surface area contributed by atoms with Crippen molar-refractivity contribution in [2.24, 2.45) is 0 Å². The second kappa shape index (κ2) is 13.1. The summed E-state index contributed by atoms with van der Waals surface area (Å²) in [7, 11) is 0. The SMILES string of the molecule is OC(CCl)CC(Cl)Cl.OCCC(Cl)C(Cl)Cl. The van der Waals surface area contributed by atoms with E-state index in [0.29, 0.717) is 12.8 Å². The molecule has 0 radical (unpaired) electrons. The van der Waals surface area contributed by atoms with Crippen molar-refractivity contribution < 1.29 is 10.2 Å². The molecule has 0 aromatic heterocycles. The van der Waals surface area contributed by atoms with Crippen LogP contribution in [-0.2, 0) is 0 Å². The first-order valence-corrected chi connectivity index (χ1v) is 7.12. The molecule has 0 aliphatic carbocycles. The lowest BCUT2D eigenvalue weighted by Crippen LogP contribution is -2.11. The molecule has 0 amide bonds. The summed E-state index contributed by atoms with van der Waals surface area (Å²) in [6, 6.07) is 0. The number of alkyl halides is 6. The summed E-state index contributed by atoms with van der Waals surface area (Å²) < 4.78 is 0. The molecule has 8 heteroatoms. The van der Waals surface area contributed by atoms with Crippen molar-refractivity contribution in [3.8, 4) is 0 Å². The van der Waals surface area contributed by atoms with Crippen molar-refractivity contribution in [2.45, 2.75) is 34.0 Å². The normalized spacial score (nSPS) is 14.6. The average molecular weight is 355 g/mol. The summed E-state index contributed by atoms with van der Waals surface area (Å²) in [4.78, 5) is -1.09.